The highest BCUT2D eigenvalue weighted by molar-refractivity contribution is 5.20. The third-order valence-corrected chi connectivity index (χ3v) is 2.35. The molecule has 0 amide bonds. The molecule has 0 aliphatic rings. The number of allylic oxidation sites excluding steroid dienone is 2. The SMILES string of the molecule is C/C(=C\C=C(/C)C(C)(C)O)CC(O)CO. The molecule has 0 bridgehead atoms. The van der Waals surface area contributed by atoms with Gasteiger partial charge in [0.05, 0.1) is 18.3 Å². The molecule has 0 aliphatic heterocycles. The molecule has 0 aromatic heterocycles. The van der Waals surface area contributed by atoms with E-state index in [1.807, 2.05) is 26.0 Å². The number of hydrogen-bond donors (Lipinski definition) is 3. The van der Waals surface area contributed by atoms with Crippen LogP contribution in [0, 0.1) is 0 Å². The van der Waals surface area contributed by atoms with Crippen molar-refractivity contribution in [1.29, 1.82) is 0 Å². The standard InChI is InChI=1S/C12H22O3/c1-9(7-11(14)8-13)5-6-10(2)12(3,4)15/h5-6,11,13-15H,7-8H2,1-4H3/b9-5+,10-6+. The van der Waals surface area contributed by atoms with Crippen molar-refractivity contribution < 1.29 is 15.3 Å². The monoisotopic (exact) mass is 214 g/mol. The Morgan fingerprint density at radius 1 is 1.27 bits per heavy atom. The molecule has 0 saturated carbocycles. The van der Waals surface area contributed by atoms with Crippen molar-refractivity contribution >= 4 is 0 Å². The van der Waals surface area contributed by atoms with Gasteiger partial charge in [-0.05, 0) is 39.7 Å². The van der Waals surface area contributed by atoms with Crippen LogP contribution in [-0.4, -0.2) is 33.6 Å². The van der Waals surface area contributed by atoms with E-state index in [1.54, 1.807) is 13.8 Å². The van der Waals surface area contributed by atoms with Gasteiger partial charge < -0.3 is 15.3 Å². The molecule has 3 N–H and O–H groups in total. The molecule has 15 heavy (non-hydrogen) atoms. The summed E-state index contributed by atoms with van der Waals surface area (Å²) in [6.07, 6.45) is 3.44. The number of aliphatic hydroxyl groups excluding tert-OH is 2. The van der Waals surface area contributed by atoms with Gasteiger partial charge in [-0.1, -0.05) is 17.7 Å². The lowest BCUT2D eigenvalue weighted by Crippen LogP contribution is -2.19. The van der Waals surface area contributed by atoms with Crippen LogP contribution in [0.4, 0.5) is 0 Å². The first-order valence-corrected chi connectivity index (χ1v) is 5.13. The molecule has 1 atom stereocenters. The smallest absolute Gasteiger partial charge is 0.0807 e. The van der Waals surface area contributed by atoms with Gasteiger partial charge in [0.25, 0.3) is 0 Å². The maximum Gasteiger partial charge on any atom is 0.0807 e. The van der Waals surface area contributed by atoms with Crippen molar-refractivity contribution in [3.05, 3.63) is 23.3 Å². The fourth-order valence-electron chi connectivity index (χ4n) is 0.975. The maximum atomic E-state index is 9.64. The second-order valence-corrected chi connectivity index (χ2v) is 4.46. The minimum absolute atomic E-state index is 0.223. The fraction of sp³-hybridized carbons (Fsp3) is 0.667. The lowest BCUT2D eigenvalue weighted by atomic mass is 9.99. The van der Waals surface area contributed by atoms with E-state index in [0.29, 0.717) is 6.42 Å². The lowest BCUT2D eigenvalue weighted by Gasteiger charge is -2.17. The van der Waals surface area contributed by atoms with E-state index < -0.39 is 11.7 Å². The zero-order valence-corrected chi connectivity index (χ0v) is 9.99. The number of aliphatic hydroxyl groups is 3. The van der Waals surface area contributed by atoms with Crippen molar-refractivity contribution in [2.75, 3.05) is 6.61 Å². The summed E-state index contributed by atoms with van der Waals surface area (Å²) in [5, 5.41) is 27.5. The van der Waals surface area contributed by atoms with Gasteiger partial charge in [0.2, 0.25) is 0 Å². The third-order valence-electron chi connectivity index (χ3n) is 2.35. The molecule has 0 radical (unpaired) electrons. The third kappa shape index (κ3) is 6.44. The van der Waals surface area contributed by atoms with E-state index in [1.165, 1.54) is 0 Å². The van der Waals surface area contributed by atoms with E-state index in [9.17, 15) is 10.2 Å². The van der Waals surface area contributed by atoms with Crippen LogP contribution in [-0.2, 0) is 0 Å². The molecule has 0 aromatic carbocycles. The molecule has 0 spiro atoms. The zero-order chi connectivity index (χ0) is 12.1. The average Bonchev–Trinajstić information content (AvgIpc) is 2.12. The number of hydrogen-bond acceptors (Lipinski definition) is 3. The van der Waals surface area contributed by atoms with Crippen LogP contribution >= 0.6 is 0 Å². The van der Waals surface area contributed by atoms with Crippen molar-refractivity contribution in [2.45, 2.75) is 45.8 Å². The normalized spacial score (nSPS) is 16.7. The summed E-state index contributed by atoms with van der Waals surface area (Å²) in [7, 11) is 0. The predicted octanol–water partition coefficient (Wildman–Crippen LogP) is 1.39. The molecule has 3 nitrogen and oxygen atoms in total. The summed E-state index contributed by atoms with van der Waals surface area (Å²) < 4.78 is 0. The second kappa shape index (κ2) is 6.05. The molecule has 1 unspecified atom stereocenters. The Balaban J connectivity index is 4.39. The van der Waals surface area contributed by atoms with Gasteiger partial charge in [0, 0.05) is 0 Å². The first-order chi connectivity index (χ1) is 6.77. The van der Waals surface area contributed by atoms with Gasteiger partial charge in [0.15, 0.2) is 0 Å². The molecular formula is C12H22O3. The molecule has 0 saturated heterocycles. The summed E-state index contributed by atoms with van der Waals surface area (Å²) in [6.45, 7) is 6.97. The van der Waals surface area contributed by atoms with E-state index in [-0.39, 0.29) is 6.61 Å². The van der Waals surface area contributed by atoms with Gasteiger partial charge in [-0.15, -0.1) is 0 Å². The van der Waals surface area contributed by atoms with Gasteiger partial charge in [-0.2, -0.15) is 0 Å². The second-order valence-electron chi connectivity index (χ2n) is 4.46. The molecule has 88 valence electrons. The van der Waals surface area contributed by atoms with E-state index >= 15 is 0 Å². The van der Waals surface area contributed by atoms with Crippen molar-refractivity contribution in [1.82, 2.24) is 0 Å². The topological polar surface area (TPSA) is 60.7 Å². The van der Waals surface area contributed by atoms with Crippen LogP contribution in [0.15, 0.2) is 23.3 Å². The van der Waals surface area contributed by atoms with Crippen LogP contribution in [0.2, 0.25) is 0 Å². The molecule has 3 heteroatoms. The fourth-order valence-corrected chi connectivity index (χ4v) is 0.975. The highest BCUT2D eigenvalue weighted by Gasteiger charge is 2.13. The van der Waals surface area contributed by atoms with E-state index in [2.05, 4.69) is 0 Å². The minimum atomic E-state index is -0.813. The summed E-state index contributed by atoms with van der Waals surface area (Å²) in [4.78, 5) is 0. The zero-order valence-electron chi connectivity index (χ0n) is 9.99. The molecular weight excluding hydrogens is 192 g/mol. The van der Waals surface area contributed by atoms with E-state index in [0.717, 1.165) is 11.1 Å². The summed E-state index contributed by atoms with van der Waals surface area (Å²) in [5.41, 5.74) is 1.02. The van der Waals surface area contributed by atoms with Crippen LogP contribution < -0.4 is 0 Å². The van der Waals surface area contributed by atoms with E-state index in [4.69, 9.17) is 5.11 Å². The van der Waals surface area contributed by atoms with Gasteiger partial charge in [-0.3, -0.25) is 0 Å². The molecule has 0 aromatic rings. The van der Waals surface area contributed by atoms with Crippen molar-refractivity contribution in [3.63, 3.8) is 0 Å². The highest BCUT2D eigenvalue weighted by atomic mass is 16.3. The number of rotatable bonds is 5. The van der Waals surface area contributed by atoms with Gasteiger partial charge in [-0.25, -0.2) is 0 Å². The quantitative estimate of drug-likeness (QED) is 0.606. The van der Waals surface area contributed by atoms with Crippen molar-refractivity contribution in [2.24, 2.45) is 0 Å². The predicted molar refractivity (Wildman–Crippen MR) is 61.5 cm³/mol. The molecule has 0 rings (SSSR count). The Morgan fingerprint density at radius 2 is 1.80 bits per heavy atom. The highest BCUT2D eigenvalue weighted by Crippen LogP contribution is 2.15. The molecule has 0 heterocycles. The van der Waals surface area contributed by atoms with Crippen molar-refractivity contribution in [3.8, 4) is 0 Å². The lowest BCUT2D eigenvalue weighted by molar-refractivity contribution is 0.0955. The Kier molecular flexibility index (Phi) is 5.80. The summed E-state index contributed by atoms with van der Waals surface area (Å²) in [6, 6.07) is 0. The first-order valence-electron chi connectivity index (χ1n) is 5.13. The van der Waals surface area contributed by atoms with Gasteiger partial charge >= 0.3 is 0 Å². The Hall–Kier alpha value is -0.640. The van der Waals surface area contributed by atoms with Crippen LogP contribution in [0.25, 0.3) is 0 Å². The Labute approximate surface area is 91.8 Å². The van der Waals surface area contributed by atoms with Crippen LogP contribution in [0.5, 0.6) is 0 Å². The van der Waals surface area contributed by atoms with Crippen LogP contribution in [0.1, 0.15) is 34.1 Å². The molecule has 0 aliphatic carbocycles. The first kappa shape index (κ1) is 14.4. The summed E-state index contributed by atoms with van der Waals surface area (Å²) >= 11 is 0. The Bertz CT molecular complexity index is 246. The maximum absolute atomic E-state index is 9.64. The Morgan fingerprint density at radius 3 is 2.20 bits per heavy atom. The minimum Gasteiger partial charge on any atom is -0.394 e. The summed E-state index contributed by atoms with van der Waals surface area (Å²) in [5.74, 6) is 0. The van der Waals surface area contributed by atoms with Gasteiger partial charge in [0.1, 0.15) is 0 Å². The molecule has 0 fully saturated rings. The van der Waals surface area contributed by atoms with Crippen LogP contribution in [0.3, 0.4) is 0 Å². The largest absolute Gasteiger partial charge is 0.394 e. The average molecular weight is 214 g/mol.